The van der Waals surface area contributed by atoms with Crippen LogP contribution in [-0.2, 0) is 14.8 Å². The maximum atomic E-state index is 13.9. The first-order chi connectivity index (χ1) is 15.7. The van der Waals surface area contributed by atoms with Gasteiger partial charge in [0, 0.05) is 26.2 Å². The number of alkyl halides is 2. The number of benzene rings is 2. The fraction of sp³-hybridized carbons (Fsp3) is 0.318. The summed E-state index contributed by atoms with van der Waals surface area (Å²) in [5.74, 6) is -2.77. The summed E-state index contributed by atoms with van der Waals surface area (Å²) in [6, 6.07) is 11.5. The number of carbonyl (C=O) groups excluding carboxylic acids is 1. The highest BCUT2D eigenvalue weighted by Crippen LogP contribution is 2.33. The van der Waals surface area contributed by atoms with E-state index in [1.54, 1.807) is 29.2 Å². The number of hydrogen-bond acceptors (Lipinski definition) is 5. The fourth-order valence-electron chi connectivity index (χ4n) is 3.78. The second-order valence-electron chi connectivity index (χ2n) is 7.79. The van der Waals surface area contributed by atoms with Crippen LogP contribution in [0.5, 0.6) is 5.75 Å². The summed E-state index contributed by atoms with van der Waals surface area (Å²) >= 11 is 0. The lowest BCUT2D eigenvalue weighted by Crippen LogP contribution is -2.52. The molecule has 0 spiro atoms. The van der Waals surface area contributed by atoms with Crippen molar-refractivity contribution in [2.45, 2.75) is 17.4 Å². The van der Waals surface area contributed by atoms with Crippen LogP contribution in [-0.4, -0.2) is 68.0 Å². The average Bonchev–Trinajstić information content (AvgIpc) is 2.70. The average molecular weight is 482 g/mol. The van der Waals surface area contributed by atoms with Gasteiger partial charge in [-0.2, -0.15) is 13.1 Å². The van der Waals surface area contributed by atoms with Gasteiger partial charge < -0.3 is 14.7 Å². The van der Waals surface area contributed by atoms with Crippen LogP contribution < -0.4 is 4.74 Å². The summed E-state index contributed by atoms with van der Waals surface area (Å²) in [4.78, 5) is 14.0. The molecule has 11 heteroatoms. The highest BCUT2D eigenvalue weighted by molar-refractivity contribution is 7.89. The molecule has 1 amide bonds. The number of hydrogen-bond donors (Lipinski definition) is 1. The monoisotopic (exact) mass is 482 g/mol. The molecule has 33 heavy (non-hydrogen) atoms. The SMILES string of the molecule is O=C([C@H](CO)c1ccccc1)N1CC(=C2CN(S(=O)(=O)c3ccc(OC(F)F)c(F)c3)C2)C1. The quantitative estimate of drug-likeness (QED) is 0.613. The van der Waals surface area contributed by atoms with Gasteiger partial charge in [0.05, 0.1) is 17.4 Å². The Labute approximate surface area is 188 Å². The van der Waals surface area contributed by atoms with Gasteiger partial charge in [0.15, 0.2) is 11.6 Å². The van der Waals surface area contributed by atoms with Crippen molar-refractivity contribution in [3.05, 3.63) is 71.1 Å². The molecule has 2 fully saturated rings. The van der Waals surface area contributed by atoms with E-state index in [0.29, 0.717) is 19.2 Å². The van der Waals surface area contributed by atoms with Gasteiger partial charge in [0.2, 0.25) is 15.9 Å². The van der Waals surface area contributed by atoms with Gasteiger partial charge in [-0.25, -0.2) is 12.8 Å². The van der Waals surface area contributed by atoms with Crippen molar-refractivity contribution >= 4 is 15.9 Å². The van der Waals surface area contributed by atoms with E-state index >= 15 is 0 Å². The van der Waals surface area contributed by atoms with Crippen molar-refractivity contribution in [1.82, 2.24) is 9.21 Å². The minimum absolute atomic E-state index is 0.110. The van der Waals surface area contributed by atoms with Crippen molar-refractivity contribution in [3.63, 3.8) is 0 Å². The maximum Gasteiger partial charge on any atom is 0.387 e. The zero-order valence-corrected chi connectivity index (χ0v) is 18.1. The molecule has 176 valence electrons. The fourth-order valence-corrected chi connectivity index (χ4v) is 5.22. The van der Waals surface area contributed by atoms with Gasteiger partial charge in [-0.15, -0.1) is 0 Å². The van der Waals surface area contributed by atoms with Gasteiger partial charge in [-0.05, 0) is 34.9 Å². The first-order valence-corrected chi connectivity index (χ1v) is 11.5. The minimum Gasteiger partial charge on any atom is -0.432 e. The van der Waals surface area contributed by atoms with Crippen molar-refractivity contribution < 1.29 is 36.2 Å². The number of aliphatic hydroxyl groups excluding tert-OH is 1. The summed E-state index contributed by atoms with van der Waals surface area (Å²) in [5, 5.41) is 9.66. The second-order valence-corrected chi connectivity index (χ2v) is 9.73. The van der Waals surface area contributed by atoms with E-state index in [4.69, 9.17) is 0 Å². The number of nitrogens with zero attached hydrogens (tertiary/aromatic N) is 2. The predicted octanol–water partition coefficient (Wildman–Crippen LogP) is 2.35. The Kier molecular flexibility index (Phi) is 6.46. The van der Waals surface area contributed by atoms with Crippen LogP contribution in [0, 0.1) is 5.82 Å². The van der Waals surface area contributed by atoms with Gasteiger partial charge in [-0.1, -0.05) is 30.3 Å². The van der Waals surface area contributed by atoms with Crippen LogP contribution in [0.25, 0.3) is 0 Å². The van der Waals surface area contributed by atoms with E-state index in [-0.39, 0.29) is 30.5 Å². The largest absolute Gasteiger partial charge is 0.432 e. The normalized spacial score (nSPS) is 17.5. The van der Waals surface area contributed by atoms with E-state index in [1.807, 2.05) is 6.07 Å². The Bertz CT molecular complexity index is 1170. The minimum atomic E-state index is -4.00. The third kappa shape index (κ3) is 4.61. The Hall–Kier alpha value is -2.89. The van der Waals surface area contributed by atoms with Crippen LogP contribution >= 0.6 is 0 Å². The molecule has 1 atom stereocenters. The van der Waals surface area contributed by atoms with Crippen molar-refractivity contribution in [2.24, 2.45) is 0 Å². The molecule has 1 N–H and O–H groups in total. The topological polar surface area (TPSA) is 87.2 Å². The lowest BCUT2D eigenvalue weighted by molar-refractivity contribution is -0.135. The number of sulfonamides is 1. The molecule has 0 unspecified atom stereocenters. The molecule has 2 aromatic rings. The Balaban J connectivity index is 1.37. The molecule has 0 saturated carbocycles. The lowest BCUT2D eigenvalue weighted by Gasteiger charge is -2.42. The zero-order chi connectivity index (χ0) is 23.8. The molecule has 2 aliphatic rings. The van der Waals surface area contributed by atoms with Crippen molar-refractivity contribution in [2.75, 3.05) is 32.8 Å². The van der Waals surface area contributed by atoms with Gasteiger partial charge in [-0.3, -0.25) is 4.79 Å². The van der Waals surface area contributed by atoms with Crippen molar-refractivity contribution in [3.8, 4) is 5.75 Å². The van der Waals surface area contributed by atoms with E-state index < -0.39 is 34.1 Å². The smallest absolute Gasteiger partial charge is 0.387 e. The first-order valence-electron chi connectivity index (χ1n) is 10.1. The van der Waals surface area contributed by atoms with Gasteiger partial charge >= 0.3 is 6.61 Å². The number of likely N-dealkylation sites (tertiary alicyclic amines) is 1. The number of rotatable bonds is 7. The summed E-state index contributed by atoms with van der Waals surface area (Å²) in [5.41, 5.74) is 2.55. The van der Waals surface area contributed by atoms with Crippen LogP contribution in [0.3, 0.4) is 0 Å². The van der Waals surface area contributed by atoms with E-state index in [2.05, 4.69) is 4.74 Å². The molecule has 0 aromatic heterocycles. The second kappa shape index (κ2) is 9.16. The molecule has 0 bridgehead atoms. The third-order valence-electron chi connectivity index (χ3n) is 5.75. The molecule has 2 aliphatic heterocycles. The lowest BCUT2D eigenvalue weighted by atomic mass is 9.92. The zero-order valence-electron chi connectivity index (χ0n) is 17.3. The van der Waals surface area contributed by atoms with Crippen LogP contribution in [0.2, 0.25) is 0 Å². The number of ether oxygens (including phenoxy) is 1. The summed E-state index contributed by atoms with van der Waals surface area (Å²) in [6.45, 7) is -2.59. The number of amides is 1. The maximum absolute atomic E-state index is 13.9. The molecule has 0 radical (unpaired) electrons. The van der Waals surface area contributed by atoms with Crippen molar-refractivity contribution in [1.29, 1.82) is 0 Å². The molecular weight excluding hydrogens is 461 g/mol. The Morgan fingerprint density at radius 3 is 2.24 bits per heavy atom. The van der Waals surface area contributed by atoms with E-state index in [1.165, 1.54) is 0 Å². The molecule has 2 heterocycles. The summed E-state index contributed by atoms with van der Waals surface area (Å²) in [6.07, 6.45) is 0. The molecular formula is C22H21F3N2O5S. The highest BCUT2D eigenvalue weighted by Gasteiger charge is 2.39. The van der Waals surface area contributed by atoms with Crippen LogP contribution in [0.15, 0.2) is 64.6 Å². The molecule has 4 rings (SSSR count). The van der Waals surface area contributed by atoms with E-state index in [0.717, 1.165) is 33.1 Å². The van der Waals surface area contributed by atoms with Gasteiger partial charge in [0.1, 0.15) is 0 Å². The third-order valence-corrected chi connectivity index (χ3v) is 7.54. The molecule has 0 aliphatic carbocycles. The number of carbonyl (C=O) groups is 1. The van der Waals surface area contributed by atoms with Gasteiger partial charge in [0.25, 0.3) is 0 Å². The van der Waals surface area contributed by atoms with Crippen LogP contribution in [0.4, 0.5) is 13.2 Å². The Morgan fingerprint density at radius 2 is 1.67 bits per heavy atom. The predicted molar refractivity (Wildman–Crippen MR) is 112 cm³/mol. The number of aliphatic hydroxyl groups is 1. The molecule has 2 aromatic carbocycles. The standard InChI is InChI=1S/C22H21F3N2O5S/c23-19-8-17(6-7-20(19)32-22(24)25)33(30,31)27-11-16(12-27)15-9-26(10-15)21(29)18(13-28)14-4-2-1-3-5-14/h1-8,18,22,28H,9-13H2/t18-/m1/s1. The summed E-state index contributed by atoms with van der Waals surface area (Å²) in [7, 11) is -4.00. The number of halogens is 3. The van der Waals surface area contributed by atoms with E-state index in [9.17, 15) is 31.5 Å². The summed E-state index contributed by atoms with van der Waals surface area (Å²) < 4.78 is 68.9. The molecule has 7 nitrogen and oxygen atoms in total. The Morgan fingerprint density at radius 1 is 1.03 bits per heavy atom. The highest BCUT2D eigenvalue weighted by atomic mass is 32.2. The first kappa shape index (κ1) is 23.3. The van der Waals surface area contributed by atoms with Crippen LogP contribution in [0.1, 0.15) is 11.5 Å². The molecule has 2 saturated heterocycles.